The van der Waals surface area contributed by atoms with Crippen LogP contribution in [0.1, 0.15) is 36.4 Å². The molecule has 1 N–H and O–H groups in total. The van der Waals surface area contributed by atoms with Gasteiger partial charge in [0.25, 0.3) is 0 Å². The summed E-state index contributed by atoms with van der Waals surface area (Å²) >= 11 is 1.65. The van der Waals surface area contributed by atoms with Gasteiger partial charge < -0.3 is 9.67 Å². The van der Waals surface area contributed by atoms with Crippen molar-refractivity contribution in [2.24, 2.45) is 0 Å². The highest BCUT2D eigenvalue weighted by molar-refractivity contribution is 7.09. The number of aliphatic hydroxyl groups excluding tert-OH is 1. The van der Waals surface area contributed by atoms with Crippen molar-refractivity contribution in [2.45, 2.75) is 32.4 Å². The van der Waals surface area contributed by atoms with Crippen LogP contribution in [0.2, 0.25) is 0 Å². The van der Waals surface area contributed by atoms with E-state index in [1.54, 1.807) is 11.3 Å². The number of hydrogen-bond donors (Lipinski definition) is 1. The second kappa shape index (κ2) is 5.27. The lowest BCUT2D eigenvalue weighted by atomic mass is 10.1. The number of thiazole rings is 1. The van der Waals surface area contributed by atoms with Gasteiger partial charge in [0.1, 0.15) is 5.01 Å². The third-order valence-corrected chi connectivity index (χ3v) is 3.29. The first kappa shape index (κ1) is 11.4. The molecule has 0 aromatic carbocycles. The van der Waals surface area contributed by atoms with Crippen molar-refractivity contribution in [3.8, 4) is 0 Å². The Bertz CT molecular complexity index is 422. The SMILES string of the molecule is CCCC(O)c1ccn(Cc2nccs2)c1. The van der Waals surface area contributed by atoms with Gasteiger partial charge in [0.15, 0.2) is 0 Å². The molecule has 86 valence electrons. The molecule has 0 radical (unpaired) electrons. The van der Waals surface area contributed by atoms with Gasteiger partial charge in [0.2, 0.25) is 0 Å². The molecule has 0 spiro atoms. The van der Waals surface area contributed by atoms with E-state index >= 15 is 0 Å². The molecule has 0 aliphatic carbocycles. The molecule has 0 fully saturated rings. The highest BCUT2D eigenvalue weighted by atomic mass is 32.1. The Kier molecular flexibility index (Phi) is 3.74. The van der Waals surface area contributed by atoms with Crippen molar-refractivity contribution in [1.29, 1.82) is 0 Å². The van der Waals surface area contributed by atoms with Crippen molar-refractivity contribution in [1.82, 2.24) is 9.55 Å². The van der Waals surface area contributed by atoms with Crippen molar-refractivity contribution in [2.75, 3.05) is 0 Å². The van der Waals surface area contributed by atoms with Crippen LogP contribution >= 0.6 is 11.3 Å². The van der Waals surface area contributed by atoms with E-state index < -0.39 is 0 Å². The summed E-state index contributed by atoms with van der Waals surface area (Å²) in [5.41, 5.74) is 0.999. The van der Waals surface area contributed by atoms with Gasteiger partial charge in [-0.2, -0.15) is 0 Å². The van der Waals surface area contributed by atoms with Crippen molar-refractivity contribution in [3.63, 3.8) is 0 Å². The first-order valence-electron chi connectivity index (χ1n) is 5.51. The molecular formula is C12H16N2OS. The maximum absolute atomic E-state index is 9.83. The number of nitrogens with zero attached hydrogens (tertiary/aromatic N) is 2. The van der Waals surface area contributed by atoms with Gasteiger partial charge in [-0.25, -0.2) is 4.98 Å². The van der Waals surface area contributed by atoms with Gasteiger partial charge in [0.05, 0.1) is 12.6 Å². The average molecular weight is 236 g/mol. The van der Waals surface area contributed by atoms with Crippen LogP contribution in [0.3, 0.4) is 0 Å². The fraction of sp³-hybridized carbons (Fsp3) is 0.417. The molecular weight excluding hydrogens is 220 g/mol. The molecule has 16 heavy (non-hydrogen) atoms. The standard InChI is InChI=1S/C12H16N2OS/c1-2-3-11(15)10-4-6-14(8-10)9-12-13-5-7-16-12/h4-8,11,15H,2-3,9H2,1H3. The summed E-state index contributed by atoms with van der Waals surface area (Å²) < 4.78 is 2.06. The van der Waals surface area contributed by atoms with Gasteiger partial charge in [-0.1, -0.05) is 13.3 Å². The van der Waals surface area contributed by atoms with E-state index in [-0.39, 0.29) is 6.10 Å². The zero-order chi connectivity index (χ0) is 11.4. The molecule has 2 aromatic rings. The van der Waals surface area contributed by atoms with E-state index in [0.717, 1.165) is 30.0 Å². The number of aliphatic hydroxyl groups is 1. The first-order chi connectivity index (χ1) is 7.79. The second-order valence-electron chi connectivity index (χ2n) is 3.85. The Morgan fingerprint density at radius 3 is 3.12 bits per heavy atom. The average Bonchev–Trinajstić information content (AvgIpc) is 2.90. The molecule has 2 aromatic heterocycles. The Balaban J connectivity index is 2.02. The third-order valence-electron chi connectivity index (χ3n) is 2.52. The summed E-state index contributed by atoms with van der Waals surface area (Å²) in [6, 6.07) is 1.98. The van der Waals surface area contributed by atoms with Gasteiger partial charge in [0, 0.05) is 24.0 Å². The largest absolute Gasteiger partial charge is 0.388 e. The Morgan fingerprint density at radius 2 is 2.44 bits per heavy atom. The second-order valence-corrected chi connectivity index (χ2v) is 4.83. The lowest BCUT2D eigenvalue weighted by Gasteiger charge is -2.06. The molecule has 2 heterocycles. The summed E-state index contributed by atoms with van der Waals surface area (Å²) in [6.45, 7) is 2.87. The van der Waals surface area contributed by atoms with E-state index in [0.29, 0.717) is 0 Å². The first-order valence-corrected chi connectivity index (χ1v) is 6.39. The molecule has 1 atom stereocenters. The minimum absolute atomic E-state index is 0.331. The van der Waals surface area contributed by atoms with E-state index in [1.807, 2.05) is 30.0 Å². The minimum atomic E-state index is -0.331. The normalized spacial score (nSPS) is 12.9. The van der Waals surface area contributed by atoms with Crippen LogP contribution in [0.5, 0.6) is 0 Å². The minimum Gasteiger partial charge on any atom is -0.388 e. The molecule has 0 aliphatic heterocycles. The van der Waals surface area contributed by atoms with Crippen LogP contribution in [0.15, 0.2) is 30.0 Å². The third kappa shape index (κ3) is 2.71. The maximum Gasteiger partial charge on any atom is 0.112 e. The number of aromatic nitrogens is 2. The van der Waals surface area contributed by atoms with E-state index in [1.165, 1.54) is 0 Å². The van der Waals surface area contributed by atoms with Crippen LogP contribution in [-0.2, 0) is 6.54 Å². The van der Waals surface area contributed by atoms with Gasteiger partial charge in [-0.15, -0.1) is 11.3 Å². The Morgan fingerprint density at radius 1 is 1.56 bits per heavy atom. The fourth-order valence-electron chi connectivity index (χ4n) is 1.68. The number of rotatable bonds is 5. The smallest absolute Gasteiger partial charge is 0.112 e. The quantitative estimate of drug-likeness (QED) is 0.867. The summed E-state index contributed by atoms with van der Waals surface area (Å²) in [5.74, 6) is 0. The topological polar surface area (TPSA) is 38.0 Å². The van der Waals surface area contributed by atoms with E-state index in [2.05, 4.69) is 16.5 Å². The molecule has 0 saturated carbocycles. The van der Waals surface area contributed by atoms with Crippen molar-refractivity contribution in [3.05, 3.63) is 40.6 Å². The summed E-state index contributed by atoms with van der Waals surface area (Å²) in [5, 5.41) is 12.9. The van der Waals surface area contributed by atoms with Crippen LogP contribution in [0.25, 0.3) is 0 Å². The van der Waals surface area contributed by atoms with E-state index in [4.69, 9.17) is 0 Å². The molecule has 0 amide bonds. The molecule has 4 heteroatoms. The Labute approximate surface area is 99.4 Å². The fourth-order valence-corrected chi connectivity index (χ4v) is 2.31. The molecule has 2 rings (SSSR count). The molecule has 0 bridgehead atoms. The molecule has 3 nitrogen and oxygen atoms in total. The predicted octanol–water partition coefficient (Wildman–Crippen LogP) is 2.83. The predicted molar refractivity (Wildman–Crippen MR) is 65.5 cm³/mol. The summed E-state index contributed by atoms with van der Waals surface area (Å²) in [4.78, 5) is 4.24. The molecule has 0 saturated heterocycles. The van der Waals surface area contributed by atoms with Crippen LogP contribution in [0, 0.1) is 0 Å². The lowest BCUT2D eigenvalue weighted by Crippen LogP contribution is -1.97. The zero-order valence-corrected chi connectivity index (χ0v) is 10.2. The van der Waals surface area contributed by atoms with Crippen LogP contribution in [0.4, 0.5) is 0 Å². The molecule has 0 aliphatic rings. The Hall–Kier alpha value is -1.13. The summed E-state index contributed by atoms with van der Waals surface area (Å²) in [7, 11) is 0. The van der Waals surface area contributed by atoms with Gasteiger partial charge in [-0.3, -0.25) is 0 Å². The van der Waals surface area contributed by atoms with Gasteiger partial charge >= 0.3 is 0 Å². The van der Waals surface area contributed by atoms with Crippen molar-refractivity contribution >= 4 is 11.3 Å². The highest BCUT2D eigenvalue weighted by Crippen LogP contribution is 2.19. The lowest BCUT2D eigenvalue weighted by molar-refractivity contribution is 0.166. The molecule has 1 unspecified atom stereocenters. The zero-order valence-electron chi connectivity index (χ0n) is 9.34. The van der Waals surface area contributed by atoms with Crippen LogP contribution in [-0.4, -0.2) is 14.7 Å². The number of hydrogen-bond acceptors (Lipinski definition) is 3. The van der Waals surface area contributed by atoms with E-state index in [9.17, 15) is 5.11 Å². The monoisotopic (exact) mass is 236 g/mol. The maximum atomic E-state index is 9.83. The van der Waals surface area contributed by atoms with Crippen LogP contribution < -0.4 is 0 Å². The highest BCUT2D eigenvalue weighted by Gasteiger charge is 2.08. The summed E-state index contributed by atoms with van der Waals surface area (Å²) in [6.07, 6.45) is 7.30. The van der Waals surface area contributed by atoms with Gasteiger partial charge in [-0.05, 0) is 18.1 Å². The van der Waals surface area contributed by atoms with Crippen molar-refractivity contribution < 1.29 is 5.11 Å².